The smallest absolute Gasteiger partial charge is 0.0795 e. The van der Waals surface area contributed by atoms with E-state index >= 15 is 0 Å². The molecule has 1 nitrogen and oxygen atoms in total. The lowest BCUT2D eigenvalue weighted by Gasteiger charge is -2.25. The van der Waals surface area contributed by atoms with Crippen molar-refractivity contribution in [2.45, 2.75) is 65.4 Å². The fourth-order valence-corrected chi connectivity index (χ4v) is 3.21. The molecule has 0 radical (unpaired) electrons. The van der Waals surface area contributed by atoms with Crippen molar-refractivity contribution in [3.8, 4) is 0 Å². The van der Waals surface area contributed by atoms with E-state index in [2.05, 4.69) is 32.9 Å². The number of rotatable bonds is 3. The van der Waals surface area contributed by atoms with Crippen LogP contribution in [0, 0.1) is 26.7 Å². The first-order chi connectivity index (χ1) is 8.58. The summed E-state index contributed by atoms with van der Waals surface area (Å²) in [5.41, 5.74) is 4.99. The number of aliphatic hydroxyl groups excluding tert-OH is 1. The van der Waals surface area contributed by atoms with E-state index in [0.29, 0.717) is 0 Å². The molecule has 1 unspecified atom stereocenters. The van der Waals surface area contributed by atoms with Crippen molar-refractivity contribution in [3.05, 3.63) is 34.4 Å². The molecule has 1 aromatic carbocycles. The number of hydrogen-bond acceptors (Lipinski definition) is 1. The molecule has 0 bridgehead atoms. The highest BCUT2D eigenvalue weighted by Gasteiger charge is 2.19. The summed E-state index contributed by atoms with van der Waals surface area (Å²) in [5, 5.41) is 10.5. The summed E-state index contributed by atoms with van der Waals surface area (Å²) in [5.74, 6) is 0.731. The van der Waals surface area contributed by atoms with Gasteiger partial charge in [0.15, 0.2) is 0 Å². The lowest BCUT2D eigenvalue weighted by Crippen LogP contribution is -2.12. The Morgan fingerprint density at radius 1 is 1.00 bits per heavy atom. The van der Waals surface area contributed by atoms with Crippen molar-refractivity contribution in [1.29, 1.82) is 0 Å². The van der Waals surface area contributed by atoms with E-state index in [1.54, 1.807) is 0 Å². The Kier molecular flexibility index (Phi) is 4.45. The zero-order valence-electron chi connectivity index (χ0n) is 12.0. The molecule has 1 fully saturated rings. The average molecular weight is 246 g/mol. The lowest BCUT2D eigenvalue weighted by molar-refractivity contribution is 0.131. The zero-order chi connectivity index (χ0) is 13.1. The summed E-state index contributed by atoms with van der Waals surface area (Å²) < 4.78 is 0. The fraction of sp³-hybridized carbons (Fsp3) is 0.647. The normalized spacial score (nSPS) is 18.9. The Balaban J connectivity index is 2.08. The van der Waals surface area contributed by atoms with Crippen LogP contribution in [0.3, 0.4) is 0 Å². The van der Waals surface area contributed by atoms with E-state index in [-0.39, 0.29) is 6.10 Å². The maximum Gasteiger partial charge on any atom is 0.0795 e. The van der Waals surface area contributed by atoms with Crippen molar-refractivity contribution in [3.63, 3.8) is 0 Å². The predicted octanol–water partition coefficient (Wildman–Crippen LogP) is 4.62. The molecule has 0 saturated heterocycles. The van der Waals surface area contributed by atoms with Gasteiger partial charge in [0.05, 0.1) is 6.10 Å². The van der Waals surface area contributed by atoms with Gasteiger partial charge in [-0.2, -0.15) is 0 Å². The van der Waals surface area contributed by atoms with Crippen LogP contribution in [0.1, 0.15) is 66.9 Å². The molecular formula is C17H26O. The highest BCUT2D eigenvalue weighted by Crippen LogP contribution is 2.33. The van der Waals surface area contributed by atoms with Gasteiger partial charge in [-0.1, -0.05) is 44.2 Å². The SMILES string of the molecule is Cc1cc(C)c(C(O)CC2CCCCC2)cc1C. The second-order valence-corrected chi connectivity index (χ2v) is 6.05. The quantitative estimate of drug-likeness (QED) is 0.825. The summed E-state index contributed by atoms with van der Waals surface area (Å²) in [6.07, 6.45) is 7.38. The first kappa shape index (κ1) is 13.6. The highest BCUT2D eigenvalue weighted by molar-refractivity contribution is 5.37. The molecule has 18 heavy (non-hydrogen) atoms. The summed E-state index contributed by atoms with van der Waals surface area (Å²) in [6.45, 7) is 6.39. The first-order valence-electron chi connectivity index (χ1n) is 7.33. The van der Waals surface area contributed by atoms with Gasteiger partial charge in [0.25, 0.3) is 0 Å². The second kappa shape index (κ2) is 5.88. The summed E-state index contributed by atoms with van der Waals surface area (Å²) in [4.78, 5) is 0. The average Bonchev–Trinajstić information content (AvgIpc) is 2.35. The van der Waals surface area contributed by atoms with E-state index < -0.39 is 0 Å². The van der Waals surface area contributed by atoms with Gasteiger partial charge in [-0.15, -0.1) is 0 Å². The van der Waals surface area contributed by atoms with Crippen LogP contribution in [-0.2, 0) is 0 Å². The van der Waals surface area contributed by atoms with Crippen LogP contribution in [0.5, 0.6) is 0 Å². The second-order valence-electron chi connectivity index (χ2n) is 6.05. The Labute approximate surface area is 111 Å². The Morgan fingerprint density at radius 2 is 1.61 bits per heavy atom. The van der Waals surface area contributed by atoms with Crippen LogP contribution in [0.25, 0.3) is 0 Å². The monoisotopic (exact) mass is 246 g/mol. The number of benzene rings is 1. The molecule has 0 amide bonds. The summed E-state index contributed by atoms with van der Waals surface area (Å²) >= 11 is 0. The molecule has 0 spiro atoms. The van der Waals surface area contributed by atoms with Gasteiger partial charge in [0.1, 0.15) is 0 Å². The molecule has 1 aromatic rings. The zero-order valence-corrected chi connectivity index (χ0v) is 12.0. The highest BCUT2D eigenvalue weighted by atomic mass is 16.3. The van der Waals surface area contributed by atoms with Crippen LogP contribution in [-0.4, -0.2) is 5.11 Å². The summed E-state index contributed by atoms with van der Waals surface area (Å²) in [7, 11) is 0. The molecule has 1 aliphatic carbocycles. The third-order valence-corrected chi connectivity index (χ3v) is 4.52. The van der Waals surface area contributed by atoms with E-state index in [9.17, 15) is 5.11 Å². The minimum atomic E-state index is -0.271. The maximum absolute atomic E-state index is 10.5. The van der Waals surface area contributed by atoms with Crippen LogP contribution in [0.15, 0.2) is 12.1 Å². The molecule has 1 heteroatoms. The van der Waals surface area contributed by atoms with Gasteiger partial charge < -0.3 is 5.11 Å². The van der Waals surface area contributed by atoms with E-state index in [0.717, 1.165) is 17.9 Å². The van der Waals surface area contributed by atoms with Crippen LogP contribution >= 0.6 is 0 Å². The van der Waals surface area contributed by atoms with Gasteiger partial charge in [-0.05, 0) is 55.4 Å². The van der Waals surface area contributed by atoms with Gasteiger partial charge in [-0.3, -0.25) is 0 Å². The number of aryl methyl sites for hydroxylation is 3. The third-order valence-electron chi connectivity index (χ3n) is 4.52. The van der Waals surface area contributed by atoms with Gasteiger partial charge in [-0.25, -0.2) is 0 Å². The van der Waals surface area contributed by atoms with E-state index in [1.165, 1.54) is 48.8 Å². The van der Waals surface area contributed by atoms with E-state index in [1.807, 2.05) is 0 Å². The Hall–Kier alpha value is -0.820. The molecule has 0 aliphatic heterocycles. The summed E-state index contributed by atoms with van der Waals surface area (Å²) in [6, 6.07) is 4.38. The van der Waals surface area contributed by atoms with Crippen molar-refractivity contribution in [1.82, 2.24) is 0 Å². The Bertz CT molecular complexity index is 402. The van der Waals surface area contributed by atoms with Gasteiger partial charge in [0, 0.05) is 0 Å². The third kappa shape index (κ3) is 3.14. The lowest BCUT2D eigenvalue weighted by atomic mass is 9.83. The van der Waals surface area contributed by atoms with Gasteiger partial charge >= 0.3 is 0 Å². The topological polar surface area (TPSA) is 20.2 Å². The molecule has 2 rings (SSSR count). The maximum atomic E-state index is 10.5. The minimum Gasteiger partial charge on any atom is -0.388 e. The molecule has 100 valence electrons. The molecule has 1 atom stereocenters. The van der Waals surface area contributed by atoms with Crippen molar-refractivity contribution >= 4 is 0 Å². The standard InChI is InChI=1S/C17H26O/c1-12-9-14(3)16(10-13(12)2)17(18)11-15-7-5-4-6-8-15/h9-10,15,17-18H,4-8,11H2,1-3H3. The fourth-order valence-electron chi connectivity index (χ4n) is 3.21. The first-order valence-corrected chi connectivity index (χ1v) is 7.33. The molecule has 1 aliphatic rings. The van der Waals surface area contributed by atoms with Crippen LogP contribution in [0.2, 0.25) is 0 Å². The minimum absolute atomic E-state index is 0.271. The molecule has 0 aromatic heterocycles. The number of hydrogen-bond donors (Lipinski definition) is 1. The van der Waals surface area contributed by atoms with Gasteiger partial charge in [0.2, 0.25) is 0 Å². The van der Waals surface area contributed by atoms with Crippen LogP contribution < -0.4 is 0 Å². The van der Waals surface area contributed by atoms with E-state index in [4.69, 9.17) is 0 Å². The predicted molar refractivity (Wildman–Crippen MR) is 76.8 cm³/mol. The van der Waals surface area contributed by atoms with Crippen molar-refractivity contribution in [2.24, 2.45) is 5.92 Å². The van der Waals surface area contributed by atoms with Crippen molar-refractivity contribution < 1.29 is 5.11 Å². The Morgan fingerprint density at radius 3 is 2.28 bits per heavy atom. The number of aliphatic hydroxyl groups is 1. The van der Waals surface area contributed by atoms with Crippen LogP contribution in [0.4, 0.5) is 0 Å². The molecule has 0 heterocycles. The molecular weight excluding hydrogens is 220 g/mol. The largest absolute Gasteiger partial charge is 0.388 e. The molecule has 1 N–H and O–H groups in total. The van der Waals surface area contributed by atoms with Crippen molar-refractivity contribution in [2.75, 3.05) is 0 Å². The molecule has 1 saturated carbocycles.